The minimum Gasteiger partial charge on any atom is -0.489 e. The van der Waals surface area contributed by atoms with E-state index in [9.17, 15) is 25.0 Å². The standard InChI is InChI=1S/C36H41F2NO6/c1-21-4-10-26(11-5-21)45-20-22-6-8-24(9-7-22)39(44)18-23-14-27-28-16-30(37)29-15-25(41)12-13-35(29,3)36(28,38)32(43)17-34(27,2)33(23)31(42)19-40/h4-13,15,23,27-28,30,32-33,40,43-44H,14,16-20H2,1-3H3/t23-,27?,28-,30-,32-,33+,34-,35-,36-/m0/s1. The molecule has 0 radical (unpaired) electrons. The normalized spacial score (nSPS) is 36.9. The van der Waals surface area contributed by atoms with Gasteiger partial charge in [-0.15, -0.1) is 0 Å². The summed E-state index contributed by atoms with van der Waals surface area (Å²) in [4.78, 5) is 25.4. The molecule has 9 atom stereocenters. The molecule has 6 rings (SSSR count). The number of halogens is 2. The number of nitrogens with zero attached hydrogens (tertiary/aromatic N) is 1. The van der Waals surface area contributed by atoms with E-state index >= 15 is 8.78 Å². The molecule has 7 nitrogen and oxygen atoms in total. The second-order valence-corrected chi connectivity index (χ2v) is 13.9. The number of alkyl halides is 2. The third-order valence-corrected chi connectivity index (χ3v) is 11.4. The largest absolute Gasteiger partial charge is 0.489 e. The zero-order chi connectivity index (χ0) is 32.3. The van der Waals surface area contributed by atoms with Crippen LogP contribution in [0.15, 0.2) is 72.3 Å². The van der Waals surface area contributed by atoms with E-state index in [2.05, 4.69) is 0 Å². The number of aliphatic hydroxyl groups excluding tert-OH is 2. The van der Waals surface area contributed by atoms with E-state index in [1.807, 2.05) is 50.2 Å². The van der Waals surface area contributed by atoms with E-state index in [4.69, 9.17) is 4.74 Å². The molecule has 2 aromatic carbocycles. The highest BCUT2D eigenvalue weighted by atomic mass is 19.1. The van der Waals surface area contributed by atoms with Crippen LogP contribution in [0.3, 0.4) is 0 Å². The van der Waals surface area contributed by atoms with Crippen molar-refractivity contribution in [2.75, 3.05) is 18.2 Å². The van der Waals surface area contributed by atoms with E-state index in [0.29, 0.717) is 18.7 Å². The summed E-state index contributed by atoms with van der Waals surface area (Å²) in [7, 11) is 0. The number of carbonyl (C=O) groups is 2. The van der Waals surface area contributed by atoms with Gasteiger partial charge < -0.3 is 14.9 Å². The Hall–Kier alpha value is -3.40. The van der Waals surface area contributed by atoms with Gasteiger partial charge in [-0.25, -0.2) is 8.78 Å². The number of fused-ring (bicyclic) bond motifs is 5. The lowest BCUT2D eigenvalue weighted by molar-refractivity contribution is -0.202. The van der Waals surface area contributed by atoms with Gasteiger partial charge in [0.15, 0.2) is 17.2 Å². The summed E-state index contributed by atoms with van der Waals surface area (Å²) < 4.78 is 39.1. The lowest BCUT2D eigenvalue weighted by Crippen LogP contribution is -2.68. The van der Waals surface area contributed by atoms with Crippen LogP contribution >= 0.6 is 0 Å². The molecule has 3 saturated carbocycles. The quantitative estimate of drug-likeness (QED) is 0.335. The fourth-order valence-corrected chi connectivity index (χ4v) is 9.19. The molecule has 240 valence electrons. The van der Waals surface area contributed by atoms with Crippen LogP contribution in [0.1, 0.15) is 44.2 Å². The molecular formula is C36H41F2NO6. The number of hydrogen-bond donors (Lipinski definition) is 3. The molecule has 0 saturated heterocycles. The van der Waals surface area contributed by atoms with Crippen molar-refractivity contribution in [1.29, 1.82) is 0 Å². The van der Waals surface area contributed by atoms with Gasteiger partial charge in [-0.1, -0.05) is 42.8 Å². The van der Waals surface area contributed by atoms with Gasteiger partial charge in [0.2, 0.25) is 0 Å². The van der Waals surface area contributed by atoms with Crippen LogP contribution in [0.4, 0.5) is 14.5 Å². The van der Waals surface area contributed by atoms with Gasteiger partial charge in [-0.05, 0) is 97.9 Å². The fraction of sp³-hybridized carbons (Fsp3) is 0.500. The van der Waals surface area contributed by atoms with E-state index in [-0.39, 0.29) is 25.0 Å². The zero-order valence-corrected chi connectivity index (χ0v) is 25.8. The third kappa shape index (κ3) is 5.04. The van der Waals surface area contributed by atoms with Gasteiger partial charge in [0.1, 0.15) is 25.1 Å². The van der Waals surface area contributed by atoms with Gasteiger partial charge in [-0.2, -0.15) is 0 Å². The molecule has 9 heteroatoms. The number of ketones is 2. The smallest absolute Gasteiger partial charge is 0.178 e. The van der Waals surface area contributed by atoms with Gasteiger partial charge in [0.25, 0.3) is 0 Å². The van der Waals surface area contributed by atoms with E-state index in [1.165, 1.54) is 12.2 Å². The molecular weight excluding hydrogens is 580 g/mol. The van der Waals surface area contributed by atoms with Crippen LogP contribution in [0, 0.1) is 41.4 Å². The van der Waals surface area contributed by atoms with Crippen molar-refractivity contribution in [3.8, 4) is 5.75 Å². The number of benzene rings is 2. The minimum absolute atomic E-state index is 0.0275. The SMILES string of the molecule is Cc1ccc(OCc2ccc(N(O)C[C@@H]3CC4[C@@H]5C[C@H](F)C6=CC(=O)C=C[C@]6(C)[C@@]5(F)[C@@H](O)C[C@]4(C)[C@H]3C(=O)CO)cc2)cc1. The number of hydrogen-bond acceptors (Lipinski definition) is 7. The van der Waals surface area contributed by atoms with Crippen LogP contribution in [-0.2, 0) is 16.2 Å². The van der Waals surface area contributed by atoms with E-state index in [0.717, 1.165) is 28.0 Å². The molecule has 3 N–H and O–H groups in total. The minimum atomic E-state index is -2.26. The number of allylic oxidation sites excluding steroid dienone is 4. The topological polar surface area (TPSA) is 107 Å². The van der Waals surface area contributed by atoms with Crippen molar-refractivity contribution < 1.29 is 38.5 Å². The molecule has 0 amide bonds. The van der Waals surface area contributed by atoms with E-state index in [1.54, 1.807) is 19.1 Å². The maximum absolute atomic E-state index is 17.5. The molecule has 0 bridgehead atoms. The summed E-state index contributed by atoms with van der Waals surface area (Å²) in [6.45, 7) is 5.01. The highest BCUT2D eigenvalue weighted by Gasteiger charge is 2.73. The molecule has 0 aromatic heterocycles. The monoisotopic (exact) mass is 621 g/mol. The highest BCUT2D eigenvalue weighted by Crippen LogP contribution is 2.70. The molecule has 0 spiro atoms. The Balaban J connectivity index is 1.24. The van der Waals surface area contributed by atoms with Crippen molar-refractivity contribution in [3.63, 3.8) is 0 Å². The van der Waals surface area contributed by atoms with Crippen LogP contribution < -0.4 is 9.80 Å². The van der Waals surface area contributed by atoms with Gasteiger partial charge in [-0.3, -0.25) is 19.9 Å². The first-order valence-electron chi connectivity index (χ1n) is 15.7. The summed E-state index contributed by atoms with van der Waals surface area (Å²) in [6, 6.07) is 14.9. The molecule has 2 aromatic rings. The maximum atomic E-state index is 17.5. The molecule has 0 aliphatic heterocycles. The molecule has 3 fully saturated rings. The van der Waals surface area contributed by atoms with Crippen LogP contribution in [-0.4, -0.2) is 58.1 Å². The summed E-state index contributed by atoms with van der Waals surface area (Å²) in [5.41, 5.74) is -2.15. The van der Waals surface area contributed by atoms with E-state index < -0.39 is 70.6 Å². The molecule has 45 heavy (non-hydrogen) atoms. The fourth-order valence-electron chi connectivity index (χ4n) is 9.19. The molecule has 0 heterocycles. The number of Topliss-reactive ketones (excluding diaryl/α,β-unsaturated/α-hetero) is 1. The average Bonchev–Trinajstić information content (AvgIpc) is 3.30. The Kier molecular flexibility index (Phi) is 8.03. The van der Waals surface area contributed by atoms with Crippen molar-refractivity contribution in [1.82, 2.24) is 0 Å². The highest BCUT2D eigenvalue weighted by molar-refractivity contribution is 6.01. The Morgan fingerprint density at radius 1 is 1.07 bits per heavy atom. The Labute approximate surface area is 262 Å². The van der Waals surface area contributed by atoms with Crippen LogP contribution in [0.25, 0.3) is 0 Å². The first-order valence-corrected chi connectivity index (χ1v) is 15.7. The number of ether oxygens (including phenoxy) is 1. The van der Waals surface area contributed by atoms with Crippen molar-refractivity contribution in [2.24, 2.45) is 34.5 Å². The maximum Gasteiger partial charge on any atom is 0.178 e. The second kappa shape index (κ2) is 11.4. The van der Waals surface area contributed by atoms with Crippen molar-refractivity contribution in [3.05, 3.63) is 83.5 Å². The summed E-state index contributed by atoms with van der Waals surface area (Å²) >= 11 is 0. The lowest BCUT2D eigenvalue weighted by atomic mass is 9.45. The Morgan fingerprint density at radius 3 is 2.42 bits per heavy atom. The van der Waals surface area contributed by atoms with Crippen LogP contribution in [0.5, 0.6) is 5.75 Å². The summed E-state index contributed by atoms with van der Waals surface area (Å²) in [5.74, 6) is -2.83. The number of aryl methyl sites for hydroxylation is 1. The lowest BCUT2D eigenvalue weighted by Gasteiger charge is -2.62. The number of aliphatic hydroxyl groups is 2. The second-order valence-electron chi connectivity index (χ2n) is 13.9. The van der Waals surface area contributed by atoms with Crippen LogP contribution in [0.2, 0.25) is 0 Å². The predicted octanol–water partition coefficient (Wildman–Crippen LogP) is 5.49. The first kappa shape index (κ1) is 31.6. The Bertz CT molecular complexity index is 1520. The summed E-state index contributed by atoms with van der Waals surface area (Å²) in [5, 5.41) is 33.7. The van der Waals surface area contributed by atoms with Gasteiger partial charge >= 0.3 is 0 Å². The number of rotatable bonds is 8. The van der Waals surface area contributed by atoms with Gasteiger partial charge in [0, 0.05) is 23.8 Å². The van der Waals surface area contributed by atoms with Crippen molar-refractivity contribution >= 4 is 17.3 Å². The zero-order valence-electron chi connectivity index (χ0n) is 25.8. The Morgan fingerprint density at radius 2 is 1.76 bits per heavy atom. The molecule has 1 unspecified atom stereocenters. The molecule has 4 aliphatic carbocycles. The number of anilines is 1. The summed E-state index contributed by atoms with van der Waals surface area (Å²) in [6.07, 6.45) is 0.680. The van der Waals surface area contributed by atoms with Crippen molar-refractivity contribution in [2.45, 2.75) is 64.6 Å². The third-order valence-electron chi connectivity index (χ3n) is 11.4. The molecule has 4 aliphatic rings. The number of hydroxylamine groups is 1. The predicted molar refractivity (Wildman–Crippen MR) is 164 cm³/mol. The first-order chi connectivity index (χ1) is 21.3. The average molecular weight is 622 g/mol. The van der Waals surface area contributed by atoms with Gasteiger partial charge in [0.05, 0.1) is 11.8 Å². The number of carbonyl (C=O) groups excluding carboxylic acids is 2.